The molecule has 2 N–H and O–H groups in total. The number of benzene rings is 2. The van der Waals surface area contributed by atoms with Gasteiger partial charge in [0.25, 0.3) is 5.91 Å². The molecule has 102 valence electrons. The Morgan fingerprint density at radius 1 is 1.25 bits per heavy atom. The summed E-state index contributed by atoms with van der Waals surface area (Å²) in [6.07, 6.45) is 0. The van der Waals surface area contributed by atoms with Gasteiger partial charge < -0.3 is 10.6 Å². The van der Waals surface area contributed by atoms with Crippen molar-refractivity contribution in [1.29, 1.82) is 0 Å². The summed E-state index contributed by atoms with van der Waals surface area (Å²) < 4.78 is 0. The summed E-state index contributed by atoms with van der Waals surface area (Å²) in [4.78, 5) is 15.8. The van der Waals surface area contributed by atoms with E-state index < -0.39 is 0 Å². The highest BCUT2D eigenvalue weighted by Crippen LogP contribution is 2.35. The van der Waals surface area contributed by atoms with E-state index in [1.165, 1.54) is 0 Å². The van der Waals surface area contributed by atoms with Crippen LogP contribution in [0.1, 0.15) is 15.9 Å². The average molecular weight is 284 g/mol. The van der Waals surface area contributed by atoms with E-state index in [1.807, 2.05) is 42.2 Å². The topological polar surface area (TPSA) is 46.3 Å². The second-order valence-corrected chi connectivity index (χ2v) is 5.98. The maximum atomic E-state index is 12.8. The zero-order chi connectivity index (χ0) is 14.1. The quantitative estimate of drug-likeness (QED) is 0.817. The van der Waals surface area contributed by atoms with Gasteiger partial charge in [0.2, 0.25) is 0 Å². The van der Waals surface area contributed by atoms with Gasteiger partial charge in [-0.25, -0.2) is 0 Å². The molecule has 3 rings (SSSR count). The van der Waals surface area contributed by atoms with E-state index in [0.29, 0.717) is 11.3 Å². The predicted octanol–water partition coefficient (Wildman–Crippen LogP) is 3.33. The van der Waals surface area contributed by atoms with Crippen LogP contribution in [0.2, 0.25) is 0 Å². The summed E-state index contributed by atoms with van der Waals surface area (Å²) in [7, 11) is 0. The third-order valence-corrected chi connectivity index (χ3v) is 4.51. The minimum absolute atomic E-state index is 0.0301. The van der Waals surface area contributed by atoms with Crippen molar-refractivity contribution in [3.8, 4) is 0 Å². The highest BCUT2D eigenvalue weighted by molar-refractivity contribution is 7.99. The predicted molar refractivity (Wildman–Crippen MR) is 84.4 cm³/mol. The second kappa shape index (κ2) is 5.21. The van der Waals surface area contributed by atoms with Gasteiger partial charge in [-0.1, -0.05) is 18.2 Å². The van der Waals surface area contributed by atoms with Gasteiger partial charge in [-0.2, -0.15) is 0 Å². The van der Waals surface area contributed by atoms with E-state index in [9.17, 15) is 4.79 Å². The summed E-state index contributed by atoms with van der Waals surface area (Å²) in [5.74, 6) is 0.951. The molecule has 1 amide bonds. The lowest BCUT2D eigenvalue weighted by Gasteiger charge is -2.29. The summed E-state index contributed by atoms with van der Waals surface area (Å²) in [5.41, 5.74) is 9.08. The first-order valence-corrected chi connectivity index (χ1v) is 7.55. The number of fused-ring (bicyclic) bond motifs is 1. The number of carbonyl (C=O) groups excluding carboxylic acids is 1. The Hall–Kier alpha value is -1.94. The van der Waals surface area contributed by atoms with Crippen molar-refractivity contribution >= 4 is 29.0 Å². The van der Waals surface area contributed by atoms with Gasteiger partial charge in [-0.3, -0.25) is 4.79 Å². The third-order valence-electron chi connectivity index (χ3n) is 3.47. The molecule has 0 spiro atoms. The van der Waals surface area contributed by atoms with Crippen LogP contribution in [0.5, 0.6) is 0 Å². The number of para-hydroxylation sites is 1. The lowest BCUT2D eigenvalue weighted by atomic mass is 10.1. The fraction of sp³-hybridized carbons (Fsp3) is 0.188. The number of amides is 1. The van der Waals surface area contributed by atoms with Gasteiger partial charge in [-0.15, -0.1) is 11.8 Å². The van der Waals surface area contributed by atoms with E-state index in [0.717, 1.165) is 28.4 Å². The Kier molecular flexibility index (Phi) is 3.40. The van der Waals surface area contributed by atoms with Crippen molar-refractivity contribution in [2.24, 2.45) is 0 Å². The Balaban J connectivity index is 2.02. The highest BCUT2D eigenvalue weighted by atomic mass is 32.2. The van der Waals surface area contributed by atoms with E-state index in [4.69, 9.17) is 5.73 Å². The van der Waals surface area contributed by atoms with E-state index in [2.05, 4.69) is 6.07 Å². The number of rotatable bonds is 1. The number of hydrogen-bond acceptors (Lipinski definition) is 3. The minimum atomic E-state index is 0.0301. The highest BCUT2D eigenvalue weighted by Gasteiger charge is 2.24. The zero-order valence-electron chi connectivity index (χ0n) is 11.3. The normalized spacial score (nSPS) is 13.9. The van der Waals surface area contributed by atoms with Crippen molar-refractivity contribution in [3.63, 3.8) is 0 Å². The first-order chi connectivity index (χ1) is 9.66. The molecule has 2 aromatic carbocycles. The average Bonchev–Trinajstić information content (AvgIpc) is 2.48. The van der Waals surface area contributed by atoms with Crippen LogP contribution < -0.4 is 10.6 Å². The molecule has 4 heteroatoms. The summed E-state index contributed by atoms with van der Waals surface area (Å²) in [6, 6.07) is 13.5. The van der Waals surface area contributed by atoms with Crippen molar-refractivity contribution in [1.82, 2.24) is 0 Å². The number of nitrogens with zero attached hydrogens (tertiary/aromatic N) is 1. The van der Waals surface area contributed by atoms with Crippen LogP contribution in [0.3, 0.4) is 0 Å². The van der Waals surface area contributed by atoms with Gasteiger partial charge in [0, 0.05) is 28.4 Å². The largest absolute Gasteiger partial charge is 0.399 e. The van der Waals surface area contributed by atoms with Crippen LogP contribution in [-0.2, 0) is 0 Å². The standard InChI is InChI=1S/C16H16N2OS/c1-11-6-7-12(17)10-13(11)16(19)18-8-9-20-15-5-3-2-4-14(15)18/h2-7,10H,8-9,17H2,1H3. The molecule has 1 aliphatic rings. The molecule has 20 heavy (non-hydrogen) atoms. The first-order valence-electron chi connectivity index (χ1n) is 6.56. The summed E-state index contributed by atoms with van der Waals surface area (Å²) in [6.45, 7) is 2.67. The zero-order valence-corrected chi connectivity index (χ0v) is 12.1. The monoisotopic (exact) mass is 284 g/mol. The van der Waals surface area contributed by atoms with Gasteiger partial charge in [0.05, 0.1) is 5.69 Å². The molecule has 0 fully saturated rings. The lowest BCUT2D eigenvalue weighted by molar-refractivity contribution is 0.0987. The maximum absolute atomic E-state index is 12.8. The fourth-order valence-electron chi connectivity index (χ4n) is 2.40. The van der Waals surface area contributed by atoms with Gasteiger partial charge in [-0.05, 0) is 36.8 Å². The molecule has 0 saturated heterocycles. The SMILES string of the molecule is Cc1ccc(N)cc1C(=O)N1CCSc2ccccc21. The molecular weight excluding hydrogens is 268 g/mol. The lowest BCUT2D eigenvalue weighted by Crippen LogP contribution is -2.35. The van der Waals surface area contributed by atoms with Crippen LogP contribution in [-0.4, -0.2) is 18.2 Å². The van der Waals surface area contributed by atoms with Crippen LogP contribution in [0.15, 0.2) is 47.4 Å². The summed E-state index contributed by atoms with van der Waals surface area (Å²) >= 11 is 1.79. The molecular formula is C16H16N2OS. The van der Waals surface area contributed by atoms with Crippen LogP contribution in [0.25, 0.3) is 0 Å². The van der Waals surface area contributed by atoms with Crippen LogP contribution in [0, 0.1) is 6.92 Å². The van der Waals surface area contributed by atoms with Gasteiger partial charge >= 0.3 is 0 Å². The molecule has 0 unspecified atom stereocenters. The van der Waals surface area contributed by atoms with Crippen LogP contribution in [0.4, 0.5) is 11.4 Å². The van der Waals surface area contributed by atoms with Crippen molar-refractivity contribution < 1.29 is 4.79 Å². The Bertz CT molecular complexity index is 669. The number of nitrogen functional groups attached to an aromatic ring is 1. The molecule has 2 aromatic rings. The molecule has 0 radical (unpaired) electrons. The smallest absolute Gasteiger partial charge is 0.258 e. The fourth-order valence-corrected chi connectivity index (χ4v) is 3.39. The molecule has 0 atom stereocenters. The number of nitrogens with two attached hydrogens (primary N) is 1. The maximum Gasteiger partial charge on any atom is 0.258 e. The third kappa shape index (κ3) is 2.27. The molecule has 1 heterocycles. The van der Waals surface area contributed by atoms with E-state index in [-0.39, 0.29) is 5.91 Å². The molecule has 0 aromatic heterocycles. The Morgan fingerprint density at radius 3 is 2.90 bits per heavy atom. The molecule has 0 bridgehead atoms. The first kappa shape index (κ1) is 13.1. The number of hydrogen-bond donors (Lipinski definition) is 1. The number of aryl methyl sites for hydroxylation is 1. The Morgan fingerprint density at radius 2 is 2.05 bits per heavy atom. The Labute approximate surface area is 122 Å². The van der Waals surface area contributed by atoms with Gasteiger partial charge in [0.15, 0.2) is 0 Å². The molecule has 0 saturated carbocycles. The molecule has 3 nitrogen and oxygen atoms in total. The van der Waals surface area contributed by atoms with Crippen molar-refractivity contribution in [2.45, 2.75) is 11.8 Å². The van der Waals surface area contributed by atoms with E-state index >= 15 is 0 Å². The second-order valence-electron chi connectivity index (χ2n) is 4.85. The number of carbonyl (C=O) groups is 1. The number of anilines is 2. The van der Waals surface area contributed by atoms with Crippen molar-refractivity contribution in [3.05, 3.63) is 53.6 Å². The van der Waals surface area contributed by atoms with Gasteiger partial charge in [0.1, 0.15) is 0 Å². The number of thioether (sulfide) groups is 1. The molecule has 1 aliphatic heterocycles. The van der Waals surface area contributed by atoms with Crippen molar-refractivity contribution in [2.75, 3.05) is 22.9 Å². The van der Waals surface area contributed by atoms with Crippen LogP contribution >= 0.6 is 11.8 Å². The van der Waals surface area contributed by atoms with E-state index in [1.54, 1.807) is 17.8 Å². The molecule has 0 aliphatic carbocycles. The minimum Gasteiger partial charge on any atom is -0.399 e. The summed E-state index contributed by atoms with van der Waals surface area (Å²) in [5, 5.41) is 0.